The zero-order valence-electron chi connectivity index (χ0n) is 10.2. The van der Waals surface area contributed by atoms with Crippen LogP contribution < -0.4 is 5.32 Å². The Balaban J connectivity index is 2.34. The van der Waals surface area contributed by atoms with Crippen LogP contribution in [-0.2, 0) is 0 Å². The number of carbonyl (C=O) groups excluding carboxylic acids is 1. The van der Waals surface area contributed by atoms with E-state index in [9.17, 15) is 13.6 Å². The van der Waals surface area contributed by atoms with Crippen molar-refractivity contribution in [3.63, 3.8) is 0 Å². The van der Waals surface area contributed by atoms with Crippen LogP contribution in [0.2, 0.25) is 0 Å². The lowest BCUT2D eigenvalue weighted by molar-refractivity contribution is 0.0959. The number of aromatic nitrogens is 3. The maximum Gasteiger partial charge on any atom is 0.272 e. The molecule has 0 atom stereocenters. The van der Waals surface area contributed by atoms with Crippen LogP contribution in [0.25, 0.3) is 16.0 Å². The minimum atomic E-state index is -0.589. The Kier molecular flexibility index (Phi) is 2.94. The summed E-state index contributed by atoms with van der Waals surface area (Å²) in [5.74, 6) is -1.55. The summed E-state index contributed by atoms with van der Waals surface area (Å²) in [6.07, 6.45) is 1.000. The Hall–Kier alpha value is -2.35. The van der Waals surface area contributed by atoms with Gasteiger partial charge in [0, 0.05) is 7.05 Å². The van der Waals surface area contributed by atoms with Gasteiger partial charge in [-0.1, -0.05) is 0 Å². The van der Waals surface area contributed by atoms with Crippen molar-refractivity contribution in [1.29, 1.82) is 0 Å². The maximum atomic E-state index is 13.7. The van der Waals surface area contributed by atoms with Crippen molar-refractivity contribution >= 4 is 28.3 Å². The number of rotatable bonds is 2. The van der Waals surface area contributed by atoms with Gasteiger partial charge < -0.3 is 5.32 Å². The van der Waals surface area contributed by atoms with Gasteiger partial charge in [-0.05, 0) is 17.5 Å². The van der Waals surface area contributed by atoms with Gasteiger partial charge in [0.1, 0.15) is 5.82 Å². The molecule has 0 aliphatic carbocycles. The van der Waals surface area contributed by atoms with E-state index in [0.717, 1.165) is 23.6 Å². The van der Waals surface area contributed by atoms with E-state index < -0.39 is 17.5 Å². The number of nitrogens with one attached hydrogen (secondary N) is 1. The van der Waals surface area contributed by atoms with Crippen molar-refractivity contribution in [2.45, 2.75) is 0 Å². The summed E-state index contributed by atoms with van der Waals surface area (Å²) in [6, 6.07) is 2.44. The predicted molar refractivity (Wildman–Crippen MR) is 70.0 cm³/mol. The second-order valence-electron chi connectivity index (χ2n) is 3.94. The molecule has 3 rings (SSSR count). The molecule has 0 fully saturated rings. The molecule has 102 valence electrons. The number of thiophene rings is 1. The number of halogens is 2. The number of hydrogen-bond acceptors (Lipinski definition) is 4. The fraction of sp³-hybridized carbons (Fsp3) is 0.0833. The normalized spacial score (nSPS) is 10.9. The third-order valence-corrected chi connectivity index (χ3v) is 3.59. The van der Waals surface area contributed by atoms with E-state index in [2.05, 4.69) is 15.4 Å². The summed E-state index contributed by atoms with van der Waals surface area (Å²) >= 11 is 1.11. The van der Waals surface area contributed by atoms with Crippen molar-refractivity contribution in [1.82, 2.24) is 20.1 Å². The molecule has 3 heterocycles. The lowest BCUT2D eigenvalue weighted by atomic mass is 10.2. The topological polar surface area (TPSA) is 59.8 Å². The Morgan fingerprint density at radius 2 is 2.25 bits per heavy atom. The number of nitrogens with zero attached hydrogens (tertiary/aromatic N) is 3. The lowest BCUT2D eigenvalue weighted by Crippen LogP contribution is -2.18. The first-order chi connectivity index (χ1) is 9.61. The van der Waals surface area contributed by atoms with Crippen LogP contribution in [-0.4, -0.2) is 27.7 Å². The Morgan fingerprint density at radius 1 is 1.45 bits per heavy atom. The Labute approximate surface area is 115 Å². The number of carbonyl (C=O) groups is 1. The molecule has 0 saturated heterocycles. The zero-order valence-corrected chi connectivity index (χ0v) is 11.0. The van der Waals surface area contributed by atoms with Gasteiger partial charge in [-0.3, -0.25) is 4.79 Å². The van der Waals surface area contributed by atoms with Crippen molar-refractivity contribution in [3.05, 3.63) is 41.0 Å². The monoisotopic (exact) mass is 294 g/mol. The number of amides is 1. The van der Waals surface area contributed by atoms with Crippen molar-refractivity contribution in [3.8, 4) is 5.00 Å². The highest BCUT2D eigenvalue weighted by atomic mass is 32.1. The molecule has 0 saturated carbocycles. The van der Waals surface area contributed by atoms with E-state index >= 15 is 0 Å². The van der Waals surface area contributed by atoms with E-state index in [0.29, 0.717) is 0 Å². The molecule has 8 heteroatoms. The first-order valence-electron chi connectivity index (χ1n) is 5.61. The summed E-state index contributed by atoms with van der Waals surface area (Å²) in [6.45, 7) is 0. The Morgan fingerprint density at radius 3 is 2.90 bits per heavy atom. The molecule has 20 heavy (non-hydrogen) atoms. The van der Waals surface area contributed by atoms with E-state index in [1.54, 1.807) is 5.38 Å². The van der Waals surface area contributed by atoms with Crippen molar-refractivity contribution in [2.24, 2.45) is 0 Å². The van der Waals surface area contributed by atoms with Gasteiger partial charge in [-0.15, -0.1) is 11.3 Å². The molecule has 3 aromatic rings. The molecule has 0 unspecified atom stereocenters. The molecular weight excluding hydrogens is 286 g/mol. The van der Waals surface area contributed by atoms with Crippen LogP contribution in [0.4, 0.5) is 8.78 Å². The Bertz CT molecular complexity index is 811. The van der Waals surface area contributed by atoms with Gasteiger partial charge in [0.05, 0.1) is 11.6 Å². The van der Waals surface area contributed by atoms with Crippen LogP contribution in [0.1, 0.15) is 10.5 Å². The van der Waals surface area contributed by atoms with E-state index in [-0.39, 0.29) is 21.7 Å². The smallest absolute Gasteiger partial charge is 0.272 e. The third-order valence-electron chi connectivity index (χ3n) is 2.72. The average molecular weight is 294 g/mol. The number of hydrogen-bond donors (Lipinski definition) is 1. The molecule has 1 amide bonds. The molecular formula is C12H8F2N4OS. The summed E-state index contributed by atoms with van der Waals surface area (Å²) in [4.78, 5) is 15.7. The van der Waals surface area contributed by atoms with Crippen molar-refractivity contribution in [2.75, 3.05) is 7.05 Å². The standard InChI is InChI=1S/C12H8F2N4OS/c1-15-11(19)9-7-4-6(13)5-16-10(7)18(17-9)12-8(14)2-3-20-12/h2-5H,1H3,(H,15,19). The SMILES string of the molecule is CNC(=O)c1nn(-c2sccc2F)c2ncc(F)cc12. The maximum absolute atomic E-state index is 13.7. The van der Waals surface area contributed by atoms with E-state index in [4.69, 9.17) is 0 Å². The predicted octanol–water partition coefficient (Wildman–Crippen LogP) is 2.12. The van der Waals surface area contributed by atoms with Crippen LogP contribution in [0.15, 0.2) is 23.7 Å². The largest absolute Gasteiger partial charge is 0.354 e. The fourth-order valence-electron chi connectivity index (χ4n) is 1.84. The van der Waals surface area contributed by atoms with Gasteiger partial charge >= 0.3 is 0 Å². The van der Waals surface area contributed by atoms with Crippen LogP contribution in [0.5, 0.6) is 0 Å². The minimum Gasteiger partial charge on any atom is -0.354 e. The first-order valence-corrected chi connectivity index (χ1v) is 6.49. The van der Waals surface area contributed by atoms with Gasteiger partial charge in [0.25, 0.3) is 5.91 Å². The molecule has 0 aliphatic rings. The second kappa shape index (κ2) is 4.64. The minimum absolute atomic E-state index is 0.00213. The fourth-order valence-corrected chi connectivity index (χ4v) is 2.57. The quantitative estimate of drug-likeness (QED) is 0.787. The third kappa shape index (κ3) is 1.85. The van der Waals surface area contributed by atoms with E-state index in [1.807, 2.05) is 0 Å². The highest BCUT2D eigenvalue weighted by molar-refractivity contribution is 7.12. The lowest BCUT2D eigenvalue weighted by Gasteiger charge is -1.98. The summed E-state index contributed by atoms with van der Waals surface area (Å²) in [5.41, 5.74) is 0.230. The van der Waals surface area contributed by atoms with E-state index in [1.165, 1.54) is 17.8 Å². The first kappa shape index (κ1) is 12.7. The van der Waals surface area contributed by atoms with Gasteiger partial charge in [-0.25, -0.2) is 18.4 Å². The second-order valence-corrected chi connectivity index (χ2v) is 4.83. The van der Waals surface area contributed by atoms with Crippen LogP contribution in [0, 0.1) is 11.6 Å². The van der Waals surface area contributed by atoms with Gasteiger partial charge in [0.2, 0.25) is 0 Å². The van der Waals surface area contributed by atoms with Gasteiger partial charge in [-0.2, -0.15) is 5.10 Å². The molecule has 0 bridgehead atoms. The number of pyridine rings is 1. The molecule has 0 radical (unpaired) electrons. The summed E-state index contributed by atoms with van der Waals surface area (Å²) in [5, 5.41) is 8.45. The summed E-state index contributed by atoms with van der Waals surface area (Å²) in [7, 11) is 1.44. The summed E-state index contributed by atoms with van der Waals surface area (Å²) < 4.78 is 28.2. The number of fused-ring (bicyclic) bond motifs is 1. The zero-order chi connectivity index (χ0) is 14.3. The highest BCUT2D eigenvalue weighted by Gasteiger charge is 2.20. The molecule has 3 aromatic heterocycles. The average Bonchev–Trinajstić information content (AvgIpc) is 3.01. The molecule has 0 aromatic carbocycles. The molecule has 1 N–H and O–H groups in total. The molecule has 0 spiro atoms. The van der Waals surface area contributed by atoms with Crippen LogP contribution in [0.3, 0.4) is 0 Å². The molecule has 0 aliphatic heterocycles. The molecule has 5 nitrogen and oxygen atoms in total. The van der Waals surface area contributed by atoms with Gasteiger partial charge in [0.15, 0.2) is 22.2 Å². The van der Waals surface area contributed by atoms with Crippen molar-refractivity contribution < 1.29 is 13.6 Å². The van der Waals surface area contributed by atoms with Crippen LogP contribution >= 0.6 is 11.3 Å². The highest BCUT2D eigenvalue weighted by Crippen LogP contribution is 2.26.